The molecule has 0 bridgehead atoms. The fourth-order valence-electron chi connectivity index (χ4n) is 1.55. The van der Waals surface area contributed by atoms with Gasteiger partial charge in [0.1, 0.15) is 5.78 Å². The average molecular weight is 136 g/mol. The monoisotopic (exact) mass is 136 g/mol. The molecule has 10 heavy (non-hydrogen) atoms. The van der Waals surface area contributed by atoms with Gasteiger partial charge in [-0.15, -0.1) is 12.3 Å². The molecule has 1 heteroatoms. The number of rotatable bonds is 1. The Kier molecular flexibility index (Phi) is 2.11. The maximum absolute atomic E-state index is 10.9. The Morgan fingerprint density at radius 1 is 1.70 bits per heavy atom. The van der Waals surface area contributed by atoms with Crippen LogP contribution in [0.2, 0.25) is 0 Å². The lowest BCUT2D eigenvalue weighted by atomic mass is 9.95. The summed E-state index contributed by atoms with van der Waals surface area (Å²) in [6.45, 7) is 2.09. The second-order valence-electron chi connectivity index (χ2n) is 2.89. The fourth-order valence-corrected chi connectivity index (χ4v) is 1.55. The van der Waals surface area contributed by atoms with Gasteiger partial charge in [0.15, 0.2) is 0 Å². The van der Waals surface area contributed by atoms with Crippen LogP contribution in [0.15, 0.2) is 0 Å². The maximum atomic E-state index is 10.9. The summed E-state index contributed by atoms with van der Waals surface area (Å²) >= 11 is 0. The Bertz CT molecular complexity index is 176. The van der Waals surface area contributed by atoms with Gasteiger partial charge in [-0.3, -0.25) is 4.79 Å². The Morgan fingerprint density at radius 2 is 2.40 bits per heavy atom. The number of hydrogen-bond acceptors (Lipinski definition) is 1. The van der Waals surface area contributed by atoms with Gasteiger partial charge in [0, 0.05) is 18.8 Å². The van der Waals surface area contributed by atoms with Crippen LogP contribution >= 0.6 is 0 Å². The SMILES string of the molecule is C#CC1CC(=O)CC1CC. The summed E-state index contributed by atoms with van der Waals surface area (Å²) in [6.07, 6.45) is 7.64. The summed E-state index contributed by atoms with van der Waals surface area (Å²) in [4.78, 5) is 10.9. The van der Waals surface area contributed by atoms with Crippen molar-refractivity contribution in [2.45, 2.75) is 26.2 Å². The van der Waals surface area contributed by atoms with Crippen LogP contribution in [0, 0.1) is 24.2 Å². The van der Waals surface area contributed by atoms with Crippen LogP contribution in [-0.4, -0.2) is 5.78 Å². The Labute approximate surface area is 61.8 Å². The van der Waals surface area contributed by atoms with E-state index in [4.69, 9.17) is 6.42 Å². The lowest BCUT2D eigenvalue weighted by molar-refractivity contribution is -0.117. The van der Waals surface area contributed by atoms with Crippen LogP contribution < -0.4 is 0 Å². The summed E-state index contributed by atoms with van der Waals surface area (Å²) in [5.41, 5.74) is 0. The van der Waals surface area contributed by atoms with Crippen molar-refractivity contribution in [3.63, 3.8) is 0 Å². The molecule has 0 aliphatic heterocycles. The molecular weight excluding hydrogens is 124 g/mol. The Hall–Kier alpha value is -0.770. The molecule has 0 amide bonds. The largest absolute Gasteiger partial charge is 0.300 e. The first-order chi connectivity index (χ1) is 4.77. The van der Waals surface area contributed by atoms with E-state index in [1.54, 1.807) is 0 Å². The summed E-state index contributed by atoms with van der Waals surface area (Å²) in [7, 11) is 0. The van der Waals surface area contributed by atoms with E-state index >= 15 is 0 Å². The lowest BCUT2D eigenvalue weighted by Crippen LogP contribution is -2.02. The average Bonchev–Trinajstić information content (AvgIpc) is 2.30. The predicted octanol–water partition coefficient (Wildman–Crippen LogP) is 1.62. The van der Waals surface area contributed by atoms with Crippen LogP contribution in [0.4, 0.5) is 0 Å². The number of hydrogen-bond donors (Lipinski definition) is 0. The van der Waals surface area contributed by atoms with Gasteiger partial charge in [0.05, 0.1) is 0 Å². The molecule has 1 saturated carbocycles. The highest BCUT2D eigenvalue weighted by atomic mass is 16.1. The third kappa shape index (κ3) is 1.21. The standard InChI is InChI=1S/C9H12O/c1-3-7-5-9(10)6-8(7)4-2/h1,7-8H,4-6H2,2H3. The van der Waals surface area contributed by atoms with Gasteiger partial charge in [-0.1, -0.05) is 13.3 Å². The van der Waals surface area contributed by atoms with Gasteiger partial charge in [-0.2, -0.15) is 0 Å². The molecule has 1 aliphatic carbocycles. The fraction of sp³-hybridized carbons (Fsp3) is 0.667. The van der Waals surface area contributed by atoms with E-state index in [1.165, 1.54) is 0 Å². The first-order valence-electron chi connectivity index (χ1n) is 3.75. The van der Waals surface area contributed by atoms with Crippen LogP contribution in [0.3, 0.4) is 0 Å². The minimum absolute atomic E-state index is 0.234. The number of carbonyl (C=O) groups excluding carboxylic acids is 1. The number of Topliss-reactive ketones (excluding diaryl/α,β-unsaturated/α-hetero) is 1. The van der Waals surface area contributed by atoms with Crippen molar-refractivity contribution in [3.05, 3.63) is 0 Å². The summed E-state index contributed by atoms with van der Waals surface area (Å²) in [6, 6.07) is 0. The normalized spacial score (nSPS) is 32.2. The zero-order valence-electron chi connectivity index (χ0n) is 6.26. The molecule has 0 aromatic heterocycles. The van der Waals surface area contributed by atoms with E-state index in [9.17, 15) is 4.79 Å². The van der Waals surface area contributed by atoms with Crippen LogP contribution in [0.5, 0.6) is 0 Å². The van der Waals surface area contributed by atoms with Crippen molar-refractivity contribution in [2.24, 2.45) is 11.8 Å². The second kappa shape index (κ2) is 2.88. The topological polar surface area (TPSA) is 17.1 Å². The van der Waals surface area contributed by atoms with E-state index in [-0.39, 0.29) is 5.92 Å². The highest BCUT2D eigenvalue weighted by Crippen LogP contribution is 2.30. The highest BCUT2D eigenvalue weighted by molar-refractivity contribution is 5.81. The zero-order valence-corrected chi connectivity index (χ0v) is 6.26. The molecule has 0 heterocycles. The van der Waals surface area contributed by atoms with Crippen molar-refractivity contribution in [2.75, 3.05) is 0 Å². The second-order valence-corrected chi connectivity index (χ2v) is 2.89. The molecule has 0 aromatic carbocycles. The molecule has 1 aliphatic rings. The highest BCUT2D eigenvalue weighted by Gasteiger charge is 2.29. The molecule has 54 valence electrons. The van der Waals surface area contributed by atoms with Crippen LogP contribution in [0.1, 0.15) is 26.2 Å². The molecule has 0 aromatic rings. The molecule has 0 spiro atoms. The number of ketones is 1. The van der Waals surface area contributed by atoms with Crippen molar-refractivity contribution < 1.29 is 4.79 Å². The van der Waals surface area contributed by atoms with Crippen molar-refractivity contribution in [1.82, 2.24) is 0 Å². The van der Waals surface area contributed by atoms with Gasteiger partial charge in [0.2, 0.25) is 0 Å². The van der Waals surface area contributed by atoms with Crippen molar-refractivity contribution in [1.29, 1.82) is 0 Å². The van der Waals surface area contributed by atoms with Crippen molar-refractivity contribution in [3.8, 4) is 12.3 Å². The van der Waals surface area contributed by atoms with E-state index in [2.05, 4.69) is 12.8 Å². The molecule has 2 atom stereocenters. The van der Waals surface area contributed by atoms with E-state index in [0.717, 1.165) is 6.42 Å². The first kappa shape index (κ1) is 7.34. The third-order valence-electron chi connectivity index (χ3n) is 2.24. The van der Waals surface area contributed by atoms with Crippen LogP contribution in [0.25, 0.3) is 0 Å². The molecule has 1 nitrogen and oxygen atoms in total. The van der Waals surface area contributed by atoms with E-state index in [1.807, 2.05) is 0 Å². The molecule has 0 N–H and O–H groups in total. The Morgan fingerprint density at radius 3 is 2.80 bits per heavy atom. The molecule has 0 saturated heterocycles. The third-order valence-corrected chi connectivity index (χ3v) is 2.24. The summed E-state index contributed by atoms with van der Waals surface area (Å²) in [5, 5.41) is 0. The van der Waals surface area contributed by atoms with Gasteiger partial charge in [-0.25, -0.2) is 0 Å². The van der Waals surface area contributed by atoms with E-state index < -0.39 is 0 Å². The van der Waals surface area contributed by atoms with Gasteiger partial charge < -0.3 is 0 Å². The van der Waals surface area contributed by atoms with Crippen molar-refractivity contribution >= 4 is 5.78 Å². The zero-order chi connectivity index (χ0) is 7.56. The quantitative estimate of drug-likeness (QED) is 0.501. The summed E-state index contributed by atoms with van der Waals surface area (Å²) in [5.74, 6) is 3.72. The van der Waals surface area contributed by atoms with Gasteiger partial charge >= 0.3 is 0 Å². The lowest BCUT2D eigenvalue weighted by Gasteiger charge is -2.08. The Balaban J connectivity index is 2.59. The molecular formula is C9H12O. The van der Waals surface area contributed by atoms with Gasteiger partial charge in [-0.05, 0) is 5.92 Å². The molecule has 0 radical (unpaired) electrons. The molecule has 1 fully saturated rings. The molecule has 1 rings (SSSR count). The molecule has 2 unspecified atom stereocenters. The first-order valence-corrected chi connectivity index (χ1v) is 3.75. The summed E-state index contributed by atoms with van der Waals surface area (Å²) < 4.78 is 0. The minimum Gasteiger partial charge on any atom is -0.300 e. The number of terminal acetylenes is 1. The smallest absolute Gasteiger partial charge is 0.134 e. The predicted molar refractivity (Wildman–Crippen MR) is 40.3 cm³/mol. The van der Waals surface area contributed by atoms with E-state index in [0.29, 0.717) is 24.5 Å². The minimum atomic E-state index is 0.234. The maximum Gasteiger partial charge on any atom is 0.134 e. The number of carbonyl (C=O) groups is 1. The van der Waals surface area contributed by atoms with Crippen LogP contribution in [-0.2, 0) is 4.79 Å². The van der Waals surface area contributed by atoms with Gasteiger partial charge in [0.25, 0.3) is 0 Å².